The van der Waals surface area contributed by atoms with Crippen LogP contribution in [0.5, 0.6) is 23.0 Å². The van der Waals surface area contributed by atoms with Crippen LogP contribution in [0.15, 0.2) is 54.6 Å². The molecule has 5 rings (SSSR count). The molecule has 0 saturated carbocycles. The molecule has 9 heteroatoms. The third kappa shape index (κ3) is 6.25. The lowest BCUT2D eigenvalue weighted by molar-refractivity contribution is -0.131. The first-order valence-electron chi connectivity index (χ1n) is 13.3. The molecule has 0 bridgehead atoms. The summed E-state index contributed by atoms with van der Waals surface area (Å²) in [5.74, 6) is 2.05. The number of benzene rings is 3. The SMILES string of the molecule is CCS(=O)(=O)CCCOc1cc(C)c2c(c1)CCOc1ccc(COc3ccc4c(c3)OC/C4=C\C(=O)O)cc1-2. The number of sulfone groups is 1. The normalized spacial score (nSPS) is 14.8. The topological polar surface area (TPSA) is 108 Å². The summed E-state index contributed by atoms with van der Waals surface area (Å²) < 4.78 is 47.2. The van der Waals surface area contributed by atoms with E-state index in [-0.39, 0.29) is 18.1 Å². The number of hydrogen-bond acceptors (Lipinski definition) is 7. The number of fused-ring (bicyclic) bond motifs is 4. The molecule has 210 valence electrons. The highest BCUT2D eigenvalue weighted by Gasteiger charge is 2.21. The molecule has 2 heterocycles. The van der Waals surface area contributed by atoms with Gasteiger partial charge in [-0.25, -0.2) is 13.2 Å². The second kappa shape index (κ2) is 11.6. The molecule has 0 fully saturated rings. The van der Waals surface area contributed by atoms with E-state index < -0.39 is 15.8 Å². The lowest BCUT2D eigenvalue weighted by Gasteiger charge is -2.16. The van der Waals surface area contributed by atoms with Gasteiger partial charge >= 0.3 is 5.97 Å². The van der Waals surface area contributed by atoms with Crippen LogP contribution in [0.3, 0.4) is 0 Å². The van der Waals surface area contributed by atoms with E-state index in [0.29, 0.717) is 43.3 Å². The third-order valence-corrected chi connectivity index (χ3v) is 8.82. The van der Waals surface area contributed by atoms with Gasteiger partial charge in [-0.1, -0.05) is 13.0 Å². The molecular formula is C31H32O8S. The van der Waals surface area contributed by atoms with Gasteiger partial charge in [-0.15, -0.1) is 0 Å². The summed E-state index contributed by atoms with van der Waals surface area (Å²) in [5, 5.41) is 9.04. The lowest BCUT2D eigenvalue weighted by Crippen LogP contribution is -2.12. The summed E-state index contributed by atoms with van der Waals surface area (Å²) in [6, 6.07) is 15.5. The molecule has 1 N–H and O–H groups in total. The highest BCUT2D eigenvalue weighted by molar-refractivity contribution is 7.91. The molecule has 8 nitrogen and oxygen atoms in total. The van der Waals surface area contributed by atoms with Gasteiger partial charge in [0.15, 0.2) is 0 Å². The van der Waals surface area contributed by atoms with Crippen molar-refractivity contribution in [3.63, 3.8) is 0 Å². The molecule has 0 saturated heterocycles. The Hall–Kier alpha value is -3.98. The molecule has 0 aromatic heterocycles. The van der Waals surface area contributed by atoms with Gasteiger partial charge in [0.1, 0.15) is 46.0 Å². The van der Waals surface area contributed by atoms with Crippen molar-refractivity contribution in [1.82, 2.24) is 0 Å². The van der Waals surface area contributed by atoms with Crippen LogP contribution in [0.4, 0.5) is 0 Å². The van der Waals surface area contributed by atoms with Gasteiger partial charge in [0.2, 0.25) is 0 Å². The van der Waals surface area contributed by atoms with Crippen LogP contribution in [0.25, 0.3) is 16.7 Å². The minimum atomic E-state index is -3.01. The van der Waals surface area contributed by atoms with Gasteiger partial charge < -0.3 is 24.1 Å². The van der Waals surface area contributed by atoms with Crippen molar-refractivity contribution in [3.05, 3.63) is 76.9 Å². The van der Waals surface area contributed by atoms with E-state index in [1.165, 1.54) is 6.08 Å². The van der Waals surface area contributed by atoms with E-state index in [1.807, 2.05) is 43.3 Å². The Morgan fingerprint density at radius 1 is 1.00 bits per heavy atom. The smallest absolute Gasteiger partial charge is 0.328 e. The zero-order valence-electron chi connectivity index (χ0n) is 22.6. The minimum absolute atomic E-state index is 0.126. The molecular weight excluding hydrogens is 532 g/mol. The number of carboxylic acid groups (broad SMARTS) is 1. The van der Waals surface area contributed by atoms with Gasteiger partial charge in [0, 0.05) is 41.0 Å². The van der Waals surface area contributed by atoms with Crippen molar-refractivity contribution < 1.29 is 37.3 Å². The standard InChI is InChI=1S/C31H32O8S/c1-3-40(34,35)12-4-10-36-25-13-20(2)31-22(15-25)9-11-37-28-8-5-21(14-27(28)31)18-38-24-6-7-26-23(16-30(32)33)19-39-29(26)17-24/h5-8,13-17H,3-4,9-12,18-19H2,1-2H3,(H,32,33)/b23-16+. The number of carboxylic acids is 1. The van der Waals surface area contributed by atoms with Gasteiger partial charge in [-0.3, -0.25) is 0 Å². The van der Waals surface area contributed by atoms with Crippen molar-refractivity contribution >= 4 is 21.4 Å². The Kier molecular flexibility index (Phi) is 8.02. The molecule has 2 aliphatic heterocycles. The maximum absolute atomic E-state index is 11.8. The number of carbonyl (C=O) groups is 1. The van der Waals surface area contributed by atoms with E-state index in [9.17, 15) is 13.2 Å². The van der Waals surface area contributed by atoms with Crippen molar-refractivity contribution in [2.24, 2.45) is 0 Å². The molecule has 40 heavy (non-hydrogen) atoms. The first-order valence-corrected chi connectivity index (χ1v) is 15.1. The van der Waals surface area contributed by atoms with Crippen LogP contribution >= 0.6 is 0 Å². The van der Waals surface area contributed by atoms with Crippen LogP contribution in [0.2, 0.25) is 0 Å². The molecule has 0 spiro atoms. The van der Waals surface area contributed by atoms with E-state index in [1.54, 1.807) is 13.0 Å². The van der Waals surface area contributed by atoms with E-state index in [4.69, 9.17) is 24.1 Å². The van der Waals surface area contributed by atoms with Crippen molar-refractivity contribution in [1.29, 1.82) is 0 Å². The summed E-state index contributed by atoms with van der Waals surface area (Å²) in [5.41, 5.74) is 6.64. The Morgan fingerprint density at radius 3 is 2.65 bits per heavy atom. The number of aryl methyl sites for hydroxylation is 1. The zero-order chi connectivity index (χ0) is 28.3. The summed E-state index contributed by atoms with van der Waals surface area (Å²) in [6.07, 6.45) is 2.35. The van der Waals surface area contributed by atoms with Gasteiger partial charge in [-0.2, -0.15) is 0 Å². The van der Waals surface area contributed by atoms with Gasteiger partial charge in [0.25, 0.3) is 0 Å². The van der Waals surface area contributed by atoms with Crippen molar-refractivity contribution in [3.8, 4) is 34.1 Å². The average molecular weight is 565 g/mol. The van der Waals surface area contributed by atoms with Crippen LogP contribution < -0.4 is 18.9 Å². The monoisotopic (exact) mass is 564 g/mol. The summed E-state index contributed by atoms with van der Waals surface area (Å²) in [4.78, 5) is 11.0. The number of aliphatic carboxylic acids is 1. The zero-order valence-corrected chi connectivity index (χ0v) is 23.4. The van der Waals surface area contributed by atoms with Crippen LogP contribution in [0.1, 0.15) is 35.6 Å². The Morgan fingerprint density at radius 2 is 1.85 bits per heavy atom. The maximum Gasteiger partial charge on any atom is 0.328 e. The Balaban J connectivity index is 1.31. The van der Waals surface area contributed by atoms with Crippen LogP contribution in [0, 0.1) is 6.92 Å². The lowest BCUT2D eigenvalue weighted by atomic mass is 9.92. The maximum atomic E-state index is 11.8. The number of rotatable bonds is 10. The highest BCUT2D eigenvalue weighted by atomic mass is 32.2. The first-order chi connectivity index (χ1) is 19.2. The minimum Gasteiger partial charge on any atom is -0.494 e. The third-order valence-electron chi connectivity index (χ3n) is 7.03. The molecule has 0 atom stereocenters. The second-order valence-electron chi connectivity index (χ2n) is 9.88. The number of hydrogen-bond donors (Lipinski definition) is 1. The molecule has 3 aromatic carbocycles. The highest BCUT2D eigenvalue weighted by Crippen LogP contribution is 2.40. The average Bonchev–Trinajstić information content (AvgIpc) is 3.21. The fourth-order valence-corrected chi connectivity index (χ4v) is 5.85. The molecule has 0 unspecified atom stereocenters. The molecule has 3 aromatic rings. The fourth-order valence-electron chi connectivity index (χ4n) is 5.01. The first kappa shape index (κ1) is 27.6. The largest absolute Gasteiger partial charge is 0.494 e. The van der Waals surface area contributed by atoms with Gasteiger partial charge in [-0.05, 0) is 72.0 Å². The predicted molar refractivity (Wildman–Crippen MR) is 152 cm³/mol. The summed E-state index contributed by atoms with van der Waals surface area (Å²) in [6.45, 7) is 5.15. The molecule has 2 aliphatic rings. The summed E-state index contributed by atoms with van der Waals surface area (Å²) in [7, 11) is -3.01. The Bertz CT molecular complexity index is 1570. The Labute approximate surface area is 234 Å². The predicted octanol–water partition coefficient (Wildman–Crippen LogP) is 5.24. The van der Waals surface area contributed by atoms with Crippen LogP contribution in [-0.2, 0) is 27.7 Å². The molecule has 0 radical (unpaired) electrons. The van der Waals surface area contributed by atoms with E-state index >= 15 is 0 Å². The second-order valence-corrected chi connectivity index (χ2v) is 12.4. The quantitative estimate of drug-likeness (QED) is 0.263. The summed E-state index contributed by atoms with van der Waals surface area (Å²) >= 11 is 0. The van der Waals surface area contributed by atoms with Crippen molar-refractivity contribution in [2.45, 2.75) is 33.3 Å². The number of ether oxygens (including phenoxy) is 4. The molecule has 0 aliphatic carbocycles. The molecule has 0 amide bonds. The van der Waals surface area contributed by atoms with E-state index in [2.05, 4.69) is 6.07 Å². The fraction of sp³-hybridized carbons (Fsp3) is 0.323. The van der Waals surface area contributed by atoms with Crippen LogP contribution in [-0.4, -0.2) is 50.8 Å². The van der Waals surface area contributed by atoms with Crippen molar-refractivity contribution in [2.75, 3.05) is 31.3 Å². The van der Waals surface area contributed by atoms with Gasteiger partial charge in [0.05, 0.1) is 19.0 Å². The van der Waals surface area contributed by atoms with E-state index in [0.717, 1.165) is 51.3 Å².